The van der Waals surface area contributed by atoms with Crippen molar-refractivity contribution in [2.24, 2.45) is 7.05 Å². The predicted octanol–water partition coefficient (Wildman–Crippen LogP) is 2.77. The summed E-state index contributed by atoms with van der Waals surface area (Å²) >= 11 is 6.00. The van der Waals surface area contributed by atoms with Gasteiger partial charge in [-0.25, -0.2) is 9.97 Å². The minimum absolute atomic E-state index is 0.309. The maximum atomic E-state index is 9.85. The number of aryl methyl sites for hydroxylation is 1. The summed E-state index contributed by atoms with van der Waals surface area (Å²) in [5.74, 6) is 1.44. The monoisotopic (exact) mass is 355 g/mol. The number of rotatable bonds is 3. The van der Waals surface area contributed by atoms with Crippen LogP contribution in [0.3, 0.4) is 0 Å². The molecular weight excluding hydrogens is 338 g/mol. The lowest BCUT2D eigenvalue weighted by molar-refractivity contribution is 0.198. The van der Waals surface area contributed by atoms with Gasteiger partial charge in [-0.2, -0.15) is 5.10 Å². The van der Waals surface area contributed by atoms with E-state index in [-0.39, 0.29) is 6.10 Å². The number of benzene rings is 1. The minimum Gasteiger partial charge on any atom is -0.391 e. The van der Waals surface area contributed by atoms with E-state index in [1.54, 1.807) is 10.9 Å². The van der Waals surface area contributed by atoms with Crippen LogP contribution in [0.1, 0.15) is 6.42 Å². The Morgan fingerprint density at radius 1 is 1.16 bits per heavy atom. The number of β-amino-alcohol motifs (C(OH)–C–C–N with tert-alkyl or cyclic N) is 1. The third kappa shape index (κ3) is 3.36. The highest BCUT2D eigenvalue weighted by molar-refractivity contribution is 6.30. The van der Waals surface area contributed by atoms with Crippen LogP contribution in [0, 0.1) is 0 Å². The fourth-order valence-electron chi connectivity index (χ4n) is 2.98. The quantitative estimate of drug-likeness (QED) is 0.782. The smallest absolute Gasteiger partial charge is 0.165 e. The van der Waals surface area contributed by atoms with Crippen LogP contribution in [0.15, 0.2) is 42.7 Å². The first-order chi connectivity index (χ1) is 12.1. The van der Waals surface area contributed by atoms with Gasteiger partial charge < -0.3 is 10.0 Å². The molecule has 6 nitrogen and oxygen atoms in total. The molecule has 1 saturated heterocycles. The maximum Gasteiger partial charge on any atom is 0.165 e. The molecule has 1 aliphatic rings. The largest absolute Gasteiger partial charge is 0.391 e. The lowest BCUT2D eigenvalue weighted by Crippen LogP contribution is -2.22. The molecule has 1 fully saturated rings. The standard InChI is InChI=1S/C18H18ClN5O/c1-23-10-13(9-20-23)18-21-16(12-2-4-14(19)5-3-12)8-17(22-18)24-7-6-15(25)11-24/h2-5,8-10,15,25H,6-7,11H2,1H3/t15-/m0/s1. The third-order valence-electron chi connectivity index (χ3n) is 4.30. The highest BCUT2D eigenvalue weighted by Gasteiger charge is 2.23. The summed E-state index contributed by atoms with van der Waals surface area (Å²) in [5.41, 5.74) is 2.65. The minimum atomic E-state index is -0.309. The molecule has 1 N–H and O–H groups in total. The van der Waals surface area contributed by atoms with Crippen molar-refractivity contribution < 1.29 is 5.11 Å². The Labute approximate surface area is 150 Å². The number of hydrogen-bond acceptors (Lipinski definition) is 5. The second kappa shape index (κ2) is 6.46. The molecule has 1 atom stereocenters. The van der Waals surface area contributed by atoms with Crippen molar-refractivity contribution in [1.82, 2.24) is 19.7 Å². The molecule has 7 heteroatoms. The van der Waals surface area contributed by atoms with E-state index in [4.69, 9.17) is 21.6 Å². The van der Waals surface area contributed by atoms with Crippen LogP contribution in [0.25, 0.3) is 22.6 Å². The fourth-order valence-corrected chi connectivity index (χ4v) is 3.11. The molecule has 0 radical (unpaired) electrons. The van der Waals surface area contributed by atoms with Crippen LogP contribution in [0.2, 0.25) is 5.02 Å². The highest BCUT2D eigenvalue weighted by atomic mass is 35.5. The van der Waals surface area contributed by atoms with E-state index < -0.39 is 0 Å². The molecule has 0 aliphatic carbocycles. The second-order valence-corrected chi connectivity index (χ2v) is 6.67. The molecule has 1 aromatic carbocycles. The van der Waals surface area contributed by atoms with Gasteiger partial charge in [0.25, 0.3) is 0 Å². The molecular formula is C18H18ClN5O. The Morgan fingerprint density at radius 2 is 1.96 bits per heavy atom. The topological polar surface area (TPSA) is 67.1 Å². The summed E-state index contributed by atoms with van der Waals surface area (Å²) in [6.45, 7) is 1.37. The lowest BCUT2D eigenvalue weighted by Gasteiger charge is -2.18. The van der Waals surface area contributed by atoms with Crippen molar-refractivity contribution in [3.05, 3.63) is 47.7 Å². The average molecular weight is 356 g/mol. The summed E-state index contributed by atoms with van der Waals surface area (Å²) in [6, 6.07) is 9.55. The van der Waals surface area contributed by atoms with Crippen molar-refractivity contribution in [2.45, 2.75) is 12.5 Å². The molecule has 128 valence electrons. The number of aliphatic hydroxyl groups excluding tert-OH is 1. The Hall–Kier alpha value is -2.44. The van der Waals surface area contributed by atoms with Gasteiger partial charge in [0, 0.05) is 43.0 Å². The van der Waals surface area contributed by atoms with Crippen LogP contribution >= 0.6 is 11.6 Å². The molecule has 1 aliphatic heterocycles. The molecule has 0 spiro atoms. The molecule has 4 rings (SSSR count). The van der Waals surface area contributed by atoms with Crippen molar-refractivity contribution >= 4 is 17.4 Å². The number of anilines is 1. The molecule has 0 amide bonds. The lowest BCUT2D eigenvalue weighted by atomic mass is 10.1. The Balaban J connectivity index is 1.81. The third-order valence-corrected chi connectivity index (χ3v) is 4.56. The van der Waals surface area contributed by atoms with E-state index in [0.29, 0.717) is 17.4 Å². The van der Waals surface area contributed by atoms with E-state index in [0.717, 1.165) is 35.6 Å². The predicted molar refractivity (Wildman–Crippen MR) is 97.5 cm³/mol. The zero-order valence-electron chi connectivity index (χ0n) is 13.8. The fraction of sp³-hybridized carbons (Fsp3) is 0.278. The summed E-state index contributed by atoms with van der Waals surface area (Å²) < 4.78 is 1.73. The SMILES string of the molecule is Cn1cc(-c2nc(-c3ccc(Cl)cc3)cc(N3CC[C@H](O)C3)n2)cn1. The molecule has 0 bridgehead atoms. The number of nitrogens with zero attached hydrogens (tertiary/aromatic N) is 5. The second-order valence-electron chi connectivity index (χ2n) is 6.23. The van der Waals surface area contributed by atoms with Gasteiger partial charge in [-0.1, -0.05) is 23.7 Å². The van der Waals surface area contributed by atoms with Crippen molar-refractivity contribution in [3.63, 3.8) is 0 Å². The van der Waals surface area contributed by atoms with E-state index in [1.807, 2.05) is 43.6 Å². The van der Waals surface area contributed by atoms with Gasteiger partial charge in [-0.05, 0) is 18.6 Å². The van der Waals surface area contributed by atoms with Gasteiger partial charge in [0.1, 0.15) is 5.82 Å². The van der Waals surface area contributed by atoms with Crippen LogP contribution in [0.4, 0.5) is 5.82 Å². The van der Waals surface area contributed by atoms with Crippen LogP contribution in [-0.4, -0.2) is 44.0 Å². The van der Waals surface area contributed by atoms with Crippen molar-refractivity contribution in [2.75, 3.05) is 18.0 Å². The van der Waals surface area contributed by atoms with Crippen molar-refractivity contribution in [1.29, 1.82) is 0 Å². The van der Waals surface area contributed by atoms with Gasteiger partial charge in [0.05, 0.1) is 23.6 Å². The molecule has 2 aromatic heterocycles. The van der Waals surface area contributed by atoms with Gasteiger partial charge in [0.2, 0.25) is 0 Å². The van der Waals surface area contributed by atoms with Crippen LogP contribution < -0.4 is 4.90 Å². The summed E-state index contributed by atoms with van der Waals surface area (Å²) in [5, 5.41) is 14.8. The molecule has 3 heterocycles. The molecule has 0 unspecified atom stereocenters. The number of aliphatic hydroxyl groups is 1. The number of hydrogen-bond donors (Lipinski definition) is 1. The first-order valence-corrected chi connectivity index (χ1v) is 8.53. The summed E-state index contributed by atoms with van der Waals surface area (Å²) in [7, 11) is 1.87. The normalized spacial score (nSPS) is 17.2. The van der Waals surface area contributed by atoms with Crippen LogP contribution in [-0.2, 0) is 7.05 Å². The maximum absolute atomic E-state index is 9.85. The van der Waals surface area contributed by atoms with Gasteiger partial charge in [-0.15, -0.1) is 0 Å². The van der Waals surface area contributed by atoms with Gasteiger partial charge >= 0.3 is 0 Å². The summed E-state index contributed by atoms with van der Waals surface area (Å²) in [6.07, 6.45) is 4.09. The van der Waals surface area contributed by atoms with Gasteiger partial charge in [-0.3, -0.25) is 4.68 Å². The van der Waals surface area contributed by atoms with E-state index in [2.05, 4.69) is 10.00 Å². The van der Waals surface area contributed by atoms with E-state index >= 15 is 0 Å². The highest BCUT2D eigenvalue weighted by Crippen LogP contribution is 2.28. The van der Waals surface area contributed by atoms with E-state index in [9.17, 15) is 5.11 Å². The van der Waals surface area contributed by atoms with Crippen molar-refractivity contribution in [3.8, 4) is 22.6 Å². The zero-order chi connectivity index (χ0) is 17.4. The first-order valence-electron chi connectivity index (χ1n) is 8.15. The van der Waals surface area contributed by atoms with Gasteiger partial charge in [0.15, 0.2) is 5.82 Å². The Kier molecular flexibility index (Phi) is 4.15. The molecule has 3 aromatic rings. The van der Waals surface area contributed by atoms with E-state index in [1.165, 1.54) is 0 Å². The Bertz CT molecular complexity index is 893. The Morgan fingerprint density at radius 3 is 2.60 bits per heavy atom. The average Bonchev–Trinajstić information content (AvgIpc) is 3.24. The first kappa shape index (κ1) is 16.1. The molecule has 0 saturated carbocycles. The molecule has 25 heavy (non-hydrogen) atoms. The number of halogens is 1. The summed E-state index contributed by atoms with van der Waals surface area (Å²) in [4.78, 5) is 11.5. The zero-order valence-corrected chi connectivity index (χ0v) is 14.6. The number of aromatic nitrogens is 4. The van der Waals surface area contributed by atoms with Crippen LogP contribution in [0.5, 0.6) is 0 Å².